The smallest absolute Gasteiger partial charge is 0.260 e. The maximum Gasteiger partial charge on any atom is 0.260 e. The number of piperidine rings is 1. The summed E-state index contributed by atoms with van der Waals surface area (Å²) < 4.78 is 29.3. The van der Waals surface area contributed by atoms with E-state index in [4.69, 9.17) is 4.98 Å². The fourth-order valence-electron chi connectivity index (χ4n) is 5.41. The number of aromatic nitrogens is 1. The SMILES string of the molecule is CC1CC(C)CN(S(=O)(=O)c2ccc(C(=O)N(Cc3ccccc3)c3nc4c(C(C)C)cccc4s3)cc2)C1. The van der Waals surface area contributed by atoms with Crippen molar-refractivity contribution in [1.82, 2.24) is 9.29 Å². The third-order valence-corrected chi connectivity index (χ3v) is 10.2. The largest absolute Gasteiger partial charge is 0.279 e. The van der Waals surface area contributed by atoms with Gasteiger partial charge in [0.2, 0.25) is 10.0 Å². The Kier molecular flexibility index (Phi) is 7.89. The van der Waals surface area contributed by atoms with Crippen LogP contribution in [0, 0.1) is 11.8 Å². The van der Waals surface area contributed by atoms with Gasteiger partial charge in [-0.05, 0) is 65.6 Å². The van der Waals surface area contributed by atoms with Crippen LogP contribution in [0.4, 0.5) is 5.13 Å². The summed E-state index contributed by atoms with van der Waals surface area (Å²) in [5.74, 6) is 0.734. The van der Waals surface area contributed by atoms with Crippen molar-refractivity contribution >= 4 is 42.6 Å². The molecule has 204 valence electrons. The third-order valence-electron chi connectivity index (χ3n) is 7.29. The Morgan fingerprint density at radius 2 is 1.64 bits per heavy atom. The summed E-state index contributed by atoms with van der Waals surface area (Å²) in [6.45, 7) is 9.87. The summed E-state index contributed by atoms with van der Waals surface area (Å²) in [4.78, 5) is 20.8. The van der Waals surface area contributed by atoms with Gasteiger partial charge in [0.15, 0.2) is 5.13 Å². The Balaban J connectivity index is 1.48. The summed E-state index contributed by atoms with van der Waals surface area (Å²) in [5, 5.41) is 0.625. The number of nitrogens with zero attached hydrogens (tertiary/aromatic N) is 3. The van der Waals surface area contributed by atoms with Crippen LogP contribution in [0.15, 0.2) is 77.7 Å². The molecule has 3 aromatic carbocycles. The lowest BCUT2D eigenvalue weighted by atomic mass is 9.94. The van der Waals surface area contributed by atoms with E-state index in [1.807, 2.05) is 42.5 Å². The van der Waals surface area contributed by atoms with Gasteiger partial charge < -0.3 is 0 Å². The molecule has 2 heterocycles. The van der Waals surface area contributed by atoms with Crippen LogP contribution in [0.25, 0.3) is 10.2 Å². The number of hydrogen-bond donors (Lipinski definition) is 0. The average molecular weight is 562 g/mol. The molecule has 0 saturated carbocycles. The fourth-order valence-corrected chi connectivity index (χ4v) is 8.09. The number of carbonyl (C=O) groups excluding carboxylic acids is 1. The van der Waals surface area contributed by atoms with Gasteiger partial charge in [0.05, 0.1) is 21.7 Å². The number of amides is 1. The zero-order chi connectivity index (χ0) is 27.7. The van der Waals surface area contributed by atoms with E-state index in [0.717, 1.165) is 27.8 Å². The van der Waals surface area contributed by atoms with Crippen molar-refractivity contribution in [2.45, 2.75) is 51.5 Å². The van der Waals surface area contributed by atoms with Crippen molar-refractivity contribution in [2.75, 3.05) is 18.0 Å². The minimum absolute atomic E-state index is 0.215. The first-order chi connectivity index (χ1) is 18.6. The minimum Gasteiger partial charge on any atom is -0.279 e. The number of rotatable bonds is 7. The topological polar surface area (TPSA) is 70.6 Å². The van der Waals surface area contributed by atoms with E-state index in [1.165, 1.54) is 11.3 Å². The number of hydrogen-bond acceptors (Lipinski definition) is 5. The molecule has 4 aromatic rings. The van der Waals surface area contributed by atoms with Gasteiger partial charge in [0.1, 0.15) is 0 Å². The molecule has 0 aliphatic carbocycles. The van der Waals surface area contributed by atoms with Gasteiger partial charge in [-0.15, -0.1) is 0 Å². The number of para-hydroxylation sites is 1. The predicted octanol–water partition coefficient (Wildman–Crippen LogP) is 6.93. The van der Waals surface area contributed by atoms with Crippen LogP contribution >= 0.6 is 11.3 Å². The van der Waals surface area contributed by atoms with Crippen LogP contribution in [0.5, 0.6) is 0 Å². The van der Waals surface area contributed by atoms with Gasteiger partial charge in [0.25, 0.3) is 5.91 Å². The Morgan fingerprint density at radius 1 is 0.974 bits per heavy atom. The Morgan fingerprint density at radius 3 is 2.28 bits per heavy atom. The lowest BCUT2D eigenvalue weighted by Crippen LogP contribution is -2.42. The number of carbonyl (C=O) groups is 1. The number of benzene rings is 3. The molecule has 8 heteroatoms. The summed E-state index contributed by atoms with van der Waals surface area (Å²) >= 11 is 1.50. The van der Waals surface area contributed by atoms with Gasteiger partial charge in [-0.3, -0.25) is 9.69 Å². The molecule has 0 bridgehead atoms. The van der Waals surface area contributed by atoms with E-state index in [9.17, 15) is 13.2 Å². The highest BCUT2D eigenvalue weighted by Crippen LogP contribution is 2.35. The Bertz CT molecular complexity index is 1550. The molecular weight excluding hydrogens is 526 g/mol. The second-order valence-corrected chi connectivity index (χ2v) is 14.0. The highest BCUT2D eigenvalue weighted by Gasteiger charge is 2.32. The minimum atomic E-state index is -3.62. The van der Waals surface area contributed by atoms with Gasteiger partial charge >= 0.3 is 0 Å². The van der Waals surface area contributed by atoms with Crippen LogP contribution < -0.4 is 4.90 Å². The maximum absolute atomic E-state index is 13.9. The molecule has 2 atom stereocenters. The van der Waals surface area contributed by atoms with E-state index in [2.05, 4.69) is 33.8 Å². The molecule has 1 aromatic heterocycles. The molecule has 5 rings (SSSR count). The van der Waals surface area contributed by atoms with Crippen molar-refractivity contribution < 1.29 is 13.2 Å². The van der Waals surface area contributed by atoms with Gasteiger partial charge in [0, 0.05) is 18.7 Å². The Labute approximate surface area is 235 Å². The highest BCUT2D eigenvalue weighted by molar-refractivity contribution is 7.89. The van der Waals surface area contributed by atoms with E-state index in [0.29, 0.717) is 48.1 Å². The maximum atomic E-state index is 13.9. The molecule has 1 aliphatic heterocycles. The van der Waals surface area contributed by atoms with Crippen molar-refractivity contribution in [2.24, 2.45) is 11.8 Å². The predicted molar refractivity (Wildman–Crippen MR) is 159 cm³/mol. The quantitative estimate of drug-likeness (QED) is 0.245. The van der Waals surface area contributed by atoms with Gasteiger partial charge in [-0.25, -0.2) is 13.4 Å². The highest BCUT2D eigenvalue weighted by atomic mass is 32.2. The number of sulfonamides is 1. The molecule has 1 aliphatic rings. The van der Waals surface area contributed by atoms with Gasteiger partial charge in [-0.1, -0.05) is 81.5 Å². The van der Waals surface area contributed by atoms with Crippen LogP contribution in [0.3, 0.4) is 0 Å². The molecule has 0 radical (unpaired) electrons. The van der Waals surface area contributed by atoms with E-state index >= 15 is 0 Å². The van der Waals surface area contributed by atoms with Crippen LogP contribution in [0.2, 0.25) is 0 Å². The first-order valence-corrected chi connectivity index (χ1v) is 15.7. The van der Waals surface area contributed by atoms with Crippen molar-refractivity contribution in [1.29, 1.82) is 0 Å². The van der Waals surface area contributed by atoms with Crippen LogP contribution in [0.1, 0.15) is 61.5 Å². The summed E-state index contributed by atoms with van der Waals surface area (Å²) in [7, 11) is -3.62. The third kappa shape index (κ3) is 5.78. The molecular formula is C31H35N3O3S2. The van der Waals surface area contributed by atoms with E-state index < -0.39 is 10.0 Å². The van der Waals surface area contributed by atoms with Crippen molar-refractivity contribution in [3.63, 3.8) is 0 Å². The summed E-state index contributed by atoms with van der Waals surface area (Å²) in [6, 6.07) is 22.4. The van der Waals surface area contributed by atoms with Crippen molar-refractivity contribution in [3.05, 3.63) is 89.5 Å². The second-order valence-electron chi connectivity index (χ2n) is 11.0. The fraction of sp³-hybridized carbons (Fsp3) is 0.355. The van der Waals surface area contributed by atoms with Crippen molar-refractivity contribution in [3.8, 4) is 0 Å². The van der Waals surface area contributed by atoms with E-state index in [1.54, 1.807) is 33.5 Å². The second kappa shape index (κ2) is 11.2. The van der Waals surface area contributed by atoms with Crippen LogP contribution in [-0.4, -0.2) is 36.7 Å². The molecule has 1 amide bonds. The molecule has 0 spiro atoms. The molecule has 1 saturated heterocycles. The molecule has 1 fully saturated rings. The standard InChI is InChI=1S/C31H35N3O3S2/c1-21(2)27-11-8-12-28-29(27)32-31(38-28)34(20-24-9-6-5-7-10-24)30(35)25-13-15-26(16-14-25)39(36,37)33-18-22(3)17-23(4)19-33/h5-16,21-23H,17-20H2,1-4H3. The zero-order valence-electron chi connectivity index (χ0n) is 22.9. The van der Waals surface area contributed by atoms with Gasteiger partial charge in [-0.2, -0.15) is 4.31 Å². The Hall–Kier alpha value is -3.07. The van der Waals surface area contributed by atoms with Crippen LogP contribution in [-0.2, 0) is 16.6 Å². The average Bonchev–Trinajstić information content (AvgIpc) is 3.35. The normalized spacial score (nSPS) is 18.5. The molecule has 2 unspecified atom stereocenters. The first kappa shape index (κ1) is 27.5. The molecule has 0 N–H and O–H groups in total. The first-order valence-electron chi connectivity index (χ1n) is 13.5. The summed E-state index contributed by atoms with van der Waals surface area (Å²) in [5.41, 5.74) is 3.48. The monoisotopic (exact) mass is 561 g/mol. The number of fused-ring (bicyclic) bond motifs is 1. The zero-order valence-corrected chi connectivity index (χ0v) is 24.5. The lowest BCUT2D eigenvalue weighted by Gasteiger charge is -2.34. The lowest BCUT2D eigenvalue weighted by molar-refractivity contribution is 0.0985. The number of thiazole rings is 1. The molecule has 39 heavy (non-hydrogen) atoms. The summed E-state index contributed by atoms with van der Waals surface area (Å²) in [6.07, 6.45) is 1.03. The molecule has 6 nitrogen and oxygen atoms in total. The van der Waals surface area contributed by atoms with E-state index in [-0.39, 0.29) is 10.8 Å². The number of anilines is 1.